The molecule has 1 aliphatic carbocycles. The number of rotatable bonds is 4. The van der Waals surface area contributed by atoms with E-state index in [1.807, 2.05) is 11.8 Å². The zero-order valence-electron chi connectivity index (χ0n) is 12.2. The SMILES string of the molecule is O=C(O)C1(Cn2nnnc2C2CCCCS2)CCCCC1. The maximum absolute atomic E-state index is 11.8. The van der Waals surface area contributed by atoms with Crippen molar-refractivity contribution < 1.29 is 9.90 Å². The lowest BCUT2D eigenvalue weighted by molar-refractivity contribution is -0.152. The van der Waals surface area contributed by atoms with Crippen LogP contribution >= 0.6 is 11.8 Å². The van der Waals surface area contributed by atoms with Crippen molar-refractivity contribution >= 4 is 17.7 Å². The third kappa shape index (κ3) is 3.07. The van der Waals surface area contributed by atoms with E-state index in [2.05, 4.69) is 15.5 Å². The molecule has 1 aromatic heterocycles. The number of nitrogens with zero attached hydrogens (tertiary/aromatic N) is 4. The van der Waals surface area contributed by atoms with Crippen molar-refractivity contribution in [3.05, 3.63) is 5.82 Å². The third-order valence-corrected chi connectivity index (χ3v) is 6.12. The van der Waals surface area contributed by atoms with Crippen LogP contribution in [0.25, 0.3) is 0 Å². The van der Waals surface area contributed by atoms with Gasteiger partial charge in [0.05, 0.1) is 17.2 Å². The smallest absolute Gasteiger partial charge is 0.311 e. The van der Waals surface area contributed by atoms with Crippen molar-refractivity contribution in [3.8, 4) is 0 Å². The highest BCUT2D eigenvalue weighted by Gasteiger charge is 2.41. The molecule has 1 N–H and O–H groups in total. The van der Waals surface area contributed by atoms with Crippen LogP contribution in [0.4, 0.5) is 0 Å². The molecule has 0 radical (unpaired) electrons. The van der Waals surface area contributed by atoms with Crippen LogP contribution in [-0.2, 0) is 11.3 Å². The van der Waals surface area contributed by atoms with Gasteiger partial charge in [0.2, 0.25) is 0 Å². The van der Waals surface area contributed by atoms with Gasteiger partial charge in [0.15, 0.2) is 5.82 Å². The molecule has 1 aliphatic heterocycles. The Labute approximate surface area is 128 Å². The molecule has 2 heterocycles. The molecular formula is C14H22N4O2S. The minimum absolute atomic E-state index is 0.322. The summed E-state index contributed by atoms with van der Waals surface area (Å²) in [5.41, 5.74) is -0.679. The molecule has 1 unspecified atom stereocenters. The van der Waals surface area contributed by atoms with E-state index < -0.39 is 11.4 Å². The van der Waals surface area contributed by atoms with Gasteiger partial charge in [-0.25, -0.2) is 4.68 Å². The van der Waals surface area contributed by atoms with E-state index >= 15 is 0 Å². The van der Waals surface area contributed by atoms with Crippen LogP contribution in [0.5, 0.6) is 0 Å². The Hall–Kier alpha value is -1.11. The molecule has 0 aromatic carbocycles. The molecule has 2 aliphatic rings. The van der Waals surface area contributed by atoms with Gasteiger partial charge >= 0.3 is 5.97 Å². The van der Waals surface area contributed by atoms with Gasteiger partial charge in [0, 0.05) is 0 Å². The zero-order chi connectivity index (χ0) is 14.7. The minimum Gasteiger partial charge on any atom is -0.481 e. The number of thioether (sulfide) groups is 1. The van der Waals surface area contributed by atoms with E-state index in [0.29, 0.717) is 11.8 Å². The van der Waals surface area contributed by atoms with Crippen molar-refractivity contribution in [2.45, 2.75) is 63.2 Å². The third-order valence-electron chi connectivity index (χ3n) is 4.74. The van der Waals surface area contributed by atoms with Crippen LogP contribution in [0.1, 0.15) is 62.4 Å². The number of carboxylic acid groups (broad SMARTS) is 1. The van der Waals surface area contributed by atoms with Crippen LogP contribution < -0.4 is 0 Å². The van der Waals surface area contributed by atoms with Gasteiger partial charge in [-0.3, -0.25) is 4.79 Å². The van der Waals surface area contributed by atoms with E-state index in [1.165, 1.54) is 12.8 Å². The normalized spacial score (nSPS) is 25.6. The van der Waals surface area contributed by atoms with Crippen molar-refractivity contribution in [1.29, 1.82) is 0 Å². The molecule has 0 amide bonds. The van der Waals surface area contributed by atoms with Crippen LogP contribution in [0, 0.1) is 5.41 Å². The molecule has 0 bridgehead atoms. The molecule has 1 aromatic rings. The summed E-state index contributed by atoms with van der Waals surface area (Å²) in [6.45, 7) is 0.418. The summed E-state index contributed by atoms with van der Waals surface area (Å²) >= 11 is 1.89. The summed E-state index contributed by atoms with van der Waals surface area (Å²) in [6, 6.07) is 0. The maximum Gasteiger partial charge on any atom is 0.311 e. The molecular weight excluding hydrogens is 288 g/mol. The van der Waals surface area contributed by atoms with Crippen molar-refractivity contribution in [3.63, 3.8) is 0 Å². The van der Waals surface area contributed by atoms with E-state index in [4.69, 9.17) is 0 Å². The monoisotopic (exact) mass is 310 g/mol. The van der Waals surface area contributed by atoms with Crippen molar-refractivity contribution in [2.75, 3.05) is 5.75 Å². The molecule has 21 heavy (non-hydrogen) atoms. The summed E-state index contributed by atoms with van der Waals surface area (Å²) < 4.78 is 1.77. The second-order valence-corrected chi connectivity index (χ2v) is 7.51. The maximum atomic E-state index is 11.8. The van der Waals surface area contributed by atoms with E-state index in [0.717, 1.165) is 50.1 Å². The first-order chi connectivity index (χ1) is 10.2. The van der Waals surface area contributed by atoms with Crippen LogP contribution in [0.2, 0.25) is 0 Å². The first-order valence-corrected chi connectivity index (χ1v) is 8.87. The summed E-state index contributed by atoms with van der Waals surface area (Å²) in [6.07, 6.45) is 8.13. The van der Waals surface area contributed by atoms with Gasteiger partial charge in [0.1, 0.15) is 0 Å². The van der Waals surface area contributed by atoms with Gasteiger partial charge < -0.3 is 5.11 Å². The lowest BCUT2D eigenvalue weighted by atomic mass is 9.74. The fraction of sp³-hybridized carbons (Fsp3) is 0.857. The lowest BCUT2D eigenvalue weighted by Gasteiger charge is -2.33. The molecule has 1 atom stereocenters. The molecule has 116 valence electrons. The highest BCUT2D eigenvalue weighted by molar-refractivity contribution is 7.99. The standard InChI is InChI=1S/C14H22N4O2S/c19-13(20)14(7-3-1-4-8-14)10-18-12(15-16-17-18)11-6-2-5-9-21-11/h11H,1-10H2,(H,19,20). The van der Waals surface area contributed by atoms with Crippen LogP contribution in [-0.4, -0.2) is 37.0 Å². The van der Waals surface area contributed by atoms with Crippen LogP contribution in [0.15, 0.2) is 0 Å². The summed E-state index contributed by atoms with van der Waals surface area (Å²) in [5, 5.41) is 22.1. The van der Waals surface area contributed by atoms with Gasteiger partial charge in [0.25, 0.3) is 0 Å². The lowest BCUT2D eigenvalue weighted by Crippen LogP contribution is -2.38. The molecule has 0 spiro atoms. The van der Waals surface area contributed by atoms with Gasteiger partial charge in [-0.05, 0) is 41.9 Å². The van der Waals surface area contributed by atoms with Gasteiger partial charge in [-0.1, -0.05) is 25.7 Å². The number of hydrogen-bond acceptors (Lipinski definition) is 5. The Balaban J connectivity index is 1.80. The number of carbonyl (C=O) groups is 1. The average Bonchev–Trinajstić information content (AvgIpc) is 2.97. The van der Waals surface area contributed by atoms with Crippen molar-refractivity contribution in [2.24, 2.45) is 5.41 Å². The minimum atomic E-state index is -0.694. The van der Waals surface area contributed by atoms with Crippen LogP contribution in [0.3, 0.4) is 0 Å². The predicted molar refractivity (Wildman–Crippen MR) is 80.0 cm³/mol. The molecule has 7 heteroatoms. The largest absolute Gasteiger partial charge is 0.481 e. The molecule has 1 saturated heterocycles. The van der Waals surface area contributed by atoms with E-state index in [1.54, 1.807) is 4.68 Å². The summed E-state index contributed by atoms with van der Waals surface area (Å²) in [5.74, 6) is 1.31. The van der Waals surface area contributed by atoms with Crippen molar-refractivity contribution in [1.82, 2.24) is 20.2 Å². The number of aromatic nitrogens is 4. The molecule has 1 saturated carbocycles. The number of carboxylic acids is 1. The molecule has 6 nitrogen and oxygen atoms in total. The first kappa shape index (κ1) is 14.8. The fourth-order valence-corrected chi connectivity index (χ4v) is 4.76. The first-order valence-electron chi connectivity index (χ1n) is 7.82. The number of aliphatic carboxylic acids is 1. The topological polar surface area (TPSA) is 80.9 Å². The Kier molecular flexibility index (Phi) is 4.47. The highest BCUT2D eigenvalue weighted by Crippen LogP contribution is 2.41. The summed E-state index contributed by atoms with van der Waals surface area (Å²) in [4.78, 5) is 11.8. The van der Waals surface area contributed by atoms with Gasteiger partial charge in [-0.15, -0.1) is 5.10 Å². The van der Waals surface area contributed by atoms with Gasteiger partial charge in [-0.2, -0.15) is 11.8 Å². The van der Waals surface area contributed by atoms with E-state index in [-0.39, 0.29) is 0 Å². The highest BCUT2D eigenvalue weighted by atomic mass is 32.2. The Morgan fingerprint density at radius 1 is 1.29 bits per heavy atom. The summed E-state index contributed by atoms with van der Waals surface area (Å²) in [7, 11) is 0. The Morgan fingerprint density at radius 2 is 2.10 bits per heavy atom. The Bertz CT molecular complexity index is 493. The predicted octanol–water partition coefficient (Wildman–Crippen LogP) is 2.67. The zero-order valence-corrected chi connectivity index (χ0v) is 13.0. The van der Waals surface area contributed by atoms with E-state index in [9.17, 15) is 9.90 Å². The average molecular weight is 310 g/mol. The second kappa shape index (κ2) is 6.34. The molecule has 3 rings (SSSR count). The number of hydrogen-bond donors (Lipinski definition) is 1. The fourth-order valence-electron chi connectivity index (χ4n) is 3.45. The number of tetrazole rings is 1. The quantitative estimate of drug-likeness (QED) is 0.921. The second-order valence-electron chi connectivity index (χ2n) is 6.20. The molecule has 2 fully saturated rings. The Morgan fingerprint density at radius 3 is 2.76 bits per heavy atom.